The number of nitrogens with zero attached hydrogens (tertiary/aromatic N) is 3. The first-order valence-corrected chi connectivity index (χ1v) is 25.5. The quantitative estimate of drug-likeness (QED) is 0.0910. The average Bonchev–Trinajstić information content (AvgIpc) is 4.19. The summed E-state index contributed by atoms with van der Waals surface area (Å²) < 4.78 is 46.5. The Morgan fingerprint density at radius 2 is 0.897 bits per heavy atom. The summed E-state index contributed by atoms with van der Waals surface area (Å²) in [5, 5.41) is 30.5. The molecule has 0 saturated heterocycles. The molecule has 3 N–H and O–H groups in total. The van der Waals surface area contributed by atoms with Crippen molar-refractivity contribution in [3.05, 3.63) is 192 Å². The van der Waals surface area contributed by atoms with Crippen molar-refractivity contribution in [3.63, 3.8) is 0 Å². The number of fused-ring (bicyclic) bond motifs is 3. The molecule has 23 heteroatoms. The van der Waals surface area contributed by atoms with Crippen molar-refractivity contribution in [2.45, 2.75) is 6.92 Å². The standard InChI is InChI=1S/C19H17NO5S.C18H14ClNO5S.C18H14FNO5S/c1-4-24-14-8-6-5-7-12(14)18(22)20(3)17-10-15-16(26-17)9-13(11(2)21)19(23)25-15;2*1-9(21)12-7-15-14(25-18(12)23)8-16(26-15)20(2)17(22)11-5-4-10(19)6-13(11)24-3/h5-10,21H,2,4H2,1,3H3;2*4-8,21H,1H2,2-3H3. The van der Waals surface area contributed by atoms with Gasteiger partial charge in [0.25, 0.3) is 17.7 Å². The van der Waals surface area contributed by atoms with Crippen LogP contribution in [0.2, 0.25) is 5.02 Å². The molecule has 6 aromatic heterocycles. The maximum atomic E-state index is 13.3. The van der Waals surface area contributed by atoms with E-state index in [9.17, 15) is 48.5 Å². The predicted octanol–water partition coefficient (Wildman–Crippen LogP) is 12.2. The third kappa shape index (κ3) is 12.2. The summed E-state index contributed by atoms with van der Waals surface area (Å²) >= 11 is 9.63. The molecule has 0 aliphatic heterocycles. The van der Waals surface area contributed by atoms with Crippen LogP contribution in [0.3, 0.4) is 0 Å². The molecule has 402 valence electrons. The number of benzene rings is 3. The monoisotopic (exact) mass is 1140 g/mol. The Balaban J connectivity index is 0.000000170. The number of aliphatic hydroxyl groups excluding tert-OH is 3. The largest absolute Gasteiger partial charge is 0.508 e. The number of halogens is 2. The van der Waals surface area contributed by atoms with Gasteiger partial charge in [0.15, 0.2) is 16.7 Å². The number of para-hydroxylation sites is 1. The summed E-state index contributed by atoms with van der Waals surface area (Å²) in [6.07, 6.45) is 0. The average molecular weight is 1140 g/mol. The van der Waals surface area contributed by atoms with Crippen LogP contribution in [0, 0.1) is 5.82 Å². The number of anilines is 3. The molecule has 0 aliphatic rings. The highest BCUT2D eigenvalue weighted by molar-refractivity contribution is 7.23. The van der Waals surface area contributed by atoms with Gasteiger partial charge < -0.3 is 57.5 Å². The first-order chi connectivity index (χ1) is 37.0. The number of amides is 3. The Labute approximate surface area is 458 Å². The van der Waals surface area contributed by atoms with Gasteiger partial charge in [-0.3, -0.25) is 14.4 Å². The van der Waals surface area contributed by atoms with Crippen molar-refractivity contribution in [1.29, 1.82) is 0 Å². The second-order valence-electron chi connectivity index (χ2n) is 16.3. The number of hydrogen-bond donors (Lipinski definition) is 3. The third-order valence-corrected chi connectivity index (χ3v) is 14.9. The van der Waals surface area contributed by atoms with Gasteiger partial charge in [-0.05, 0) is 67.6 Å². The molecule has 3 aromatic carbocycles. The summed E-state index contributed by atoms with van der Waals surface area (Å²) in [5.74, 6) is -1.60. The number of methoxy groups -OCH3 is 2. The lowest BCUT2D eigenvalue weighted by molar-refractivity contribution is 0.0982. The molecule has 0 saturated carbocycles. The van der Waals surface area contributed by atoms with Crippen molar-refractivity contribution in [2.24, 2.45) is 0 Å². The van der Waals surface area contributed by atoms with Crippen molar-refractivity contribution in [2.75, 3.05) is 56.7 Å². The second kappa shape index (κ2) is 23.9. The lowest BCUT2D eigenvalue weighted by atomic mass is 10.1. The van der Waals surface area contributed by atoms with Gasteiger partial charge in [0, 0.05) is 50.4 Å². The normalized spacial score (nSPS) is 10.7. The van der Waals surface area contributed by atoms with Gasteiger partial charge in [-0.1, -0.05) is 43.5 Å². The SMILES string of the molecule is C=C(O)c1cc2sc(N(C)C(=O)c3ccc(Cl)cc3OC)cc2oc1=O.C=C(O)c1cc2sc(N(C)C(=O)c3ccc(F)cc3OC)cc2oc1=O.C=C(O)c1cc2sc(N(C)C(=O)c3ccccc3OCC)cc2oc1=O. The molecular formula is C55H45ClFN3O15S3. The van der Waals surface area contributed by atoms with Gasteiger partial charge >= 0.3 is 16.9 Å². The Hall–Kier alpha value is -8.96. The fraction of sp³-hybridized carbons (Fsp3) is 0.127. The van der Waals surface area contributed by atoms with E-state index in [2.05, 4.69) is 19.7 Å². The van der Waals surface area contributed by atoms with E-state index in [0.29, 0.717) is 74.5 Å². The van der Waals surface area contributed by atoms with Crippen LogP contribution in [0.1, 0.15) is 54.7 Å². The van der Waals surface area contributed by atoms with E-state index in [1.807, 2.05) is 6.92 Å². The Morgan fingerprint density at radius 1 is 0.538 bits per heavy atom. The second-order valence-corrected chi connectivity index (χ2v) is 20.0. The fourth-order valence-corrected chi connectivity index (χ4v) is 10.4. The Bertz CT molecular complexity index is 3870. The molecule has 9 rings (SSSR count). The maximum absolute atomic E-state index is 13.3. The van der Waals surface area contributed by atoms with E-state index in [1.54, 1.807) is 81.8 Å². The van der Waals surface area contributed by atoms with Crippen molar-refractivity contribution in [3.8, 4) is 17.2 Å². The molecule has 0 bridgehead atoms. The van der Waals surface area contributed by atoms with Gasteiger partial charge in [-0.15, -0.1) is 34.0 Å². The molecule has 0 aliphatic carbocycles. The van der Waals surface area contributed by atoms with Crippen LogP contribution in [-0.2, 0) is 0 Å². The van der Waals surface area contributed by atoms with Gasteiger partial charge in [-0.25, -0.2) is 18.8 Å². The fourth-order valence-electron chi connectivity index (χ4n) is 7.25. The summed E-state index contributed by atoms with van der Waals surface area (Å²) in [4.78, 5) is 78.1. The minimum Gasteiger partial charge on any atom is -0.508 e. The van der Waals surface area contributed by atoms with Gasteiger partial charge in [-0.2, -0.15) is 0 Å². The third-order valence-electron chi connectivity index (χ3n) is 11.3. The van der Waals surface area contributed by atoms with Crippen molar-refractivity contribution < 1.29 is 61.6 Å². The topological polar surface area (TPSA) is 240 Å². The molecule has 9 aromatic rings. The maximum Gasteiger partial charge on any atom is 0.347 e. The molecule has 0 spiro atoms. The van der Waals surface area contributed by atoms with E-state index >= 15 is 0 Å². The van der Waals surface area contributed by atoms with Crippen LogP contribution in [0.5, 0.6) is 17.2 Å². The van der Waals surface area contributed by atoms with Crippen LogP contribution < -0.4 is 45.8 Å². The minimum absolute atomic E-state index is 0.00145. The number of thiophene rings is 3. The highest BCUT2D eigenvalue weighted by atomic mass is 35.5. The zero-order valence-corrected chi connectivity index (χ0v) is 45.3. The number of aliphatic hydroxyl groups is 3. The molecule has 0 radical (unpaired) electrons. The van der Waals surface area contributed by atoms with E-state index in [4.69, 9.17) is 39.1 Å². The number of rotatable bonds is 13. The highest BCUT2D eigenvalue weighted by Gasteiger charge is 2.25. The van der Waals surface area contributed by atoms with E-state index in [1.165, 1.54) is 93.3 Å². The summed E-state index contributed by atoms with van der Waals surface area (Å²) in [5.41, 5.74) is -0.203. The summed E-state index contributed by atoms with van der Waals surface area (Å²) in [6, 6.07) is 24.6. The summed E-state index contributed by atoms with van der Waals surface area (Å²) in [7, 11) is 7.59. The van der Waals surface area contributed by atoms with Gasteiger partial charge in [0.2, 0.25) is 0 Å². The Kier molecular flexibility index (Phi) is 17.4. The molecule has 0 unspecified atom stereocenters. The number of ether oxygens (including phenoxy) is 3. The molecule has 78 heavy (non-hydrogen) atoms. The molecular weight excluding hydrogens is 1090 g/mol. The molecule has 6 heterocycles. The van der Waals surface area contributed by atoms with Gasteiger partial charge in [0.05, 0.1) is 51.6 Å². The number of hydrogen-bond acceptors (Lipinski definition) is 18. The lowest BCUT2D eigenvalue weighted by Crippen LogP contribution is -2.25. The number of carbonyl (C=O) groups excluding carboxylic acids is 3. The van der Waals surface area contributed by atoms with Crippen LogP contribution in [0.25, 0.3) is 48.1 Å². The summed E-state index contributed by atoms with van der Waals surface area (Å²) in [6.45, 7) is 12.3. The lowest BCUT2D eigenvalue weighted by Gasteiger charge is -2.17. The highest BCUT2D eigenvalue weighted by Crippen LogP contribution is 2.37. The minimum atomic E-state index is -0.719. The smallest absolute Gasteiger partial charge is 0.347 e. The van der Waals surface area contributed by atoms with Gasteiger partial charge in [0.1, 0.15) is 72.0 Å². The first kappa shape index (κ1) is 56.8. The zero-order chi connectivity index (χ0) is 56.9. The molecule has 18 nitrogen and oxygen atoms in total. The van der Waals surface area contributed by atoms with Crippen molar-refractivity contribution >= 4 is 126 Å². The molecule has 0 fully saturated rings. The van der Waals surface area contributed by atoms with Crippen LogP contribution in [0.15, 0.2) is 144 Å². The Morgan fingerprint density at radius 3 is 1.27 bits per heavy atom. The van der Waals surface area contributed by atoms with Crippen molar-refractivity contribution in [1.82, 2.24) is 0 Å². The van der Waals surface area contributed by atoms with E-state index < -0.39 is 34.4 Å². The predicted molar refractivity (Wildman–Crippen MR) is 303 cm³/mol. The van der Waals surface area contributed by atoms with Crippen LogP contribution in [-0.4, -0.2) is 75.0 Å². The zero-order valence-electron chi connectivity index (χ0n) is 42.1. The first-order valence-electron chi connectivity index (χ1n) is 22.7. The van der Waals surface area contributed by atoms with E-state index in [-0.39, 0.29) is 56.9 Å². The molecule has 0 atom stereocenters. The van der Waals surface area contributed by atoms with E-state index in [0.717, 1.165) is 6.07 Å². The van der Waals surface area contributed by atoms with Crippen LogP contribution >= 0.6 is 45.6 Å². The van der Waals surface area contributed by atoms with Crippen LogP contribution in [0.4, 0.5) is 19.4 Å². The molecule has 3 amide bonds. The number of carbonyl (C=O) groups is 3.